The first kappa shape index (κ1) is 14.3. The molecule has 1 saturated carbocycles. The summed E-state index contributed by atoms with van der Waals surface area (Å²) in [6, 6.07) is 0.340. The van der Waals surface area contributed by atoms with Crippen LogP contribution in [0.3, 0.4) is 0 Å². The lowest BCUT2D eigenvalue weighted by Gasteiger charge is -2.33. The fraction of sp³-hybridized carbons (Fsp3) is 0.923. The van der Waals surface area contributed by atoms with Gasteiger partial charge in [0.05, 0.1) is 6.61 Å². The summed E-state index contributed by atoms with van der Waals surface area (Å²) in [5.41, 5.74) is 5.58. The molecule has 0 aromatic heterocycles. The van der Waals surface area contributed by atoms with E-state index in [-0.39, 0.29) is 6.09 Å². The molecular weight excluding hydrogens is 216 g/mol. The van der Waals surface area contributed by atoms with Crippen LogP contribution in [-0.2, 0) is 4.74 Å². The number of carbonyl (C=O) groups excluding carboxylic acids is 1. The molecule has 0 aromatic rings. The molecule has 100 valence electrons. The standard InChI is InChI=1S/C13H26N2O2/c1-11(2)10-17-13(16)15(9-8-14)12-6-4-3-5-7-12/h11-12H,3-10,14H2,1-2H3. The molecule has 4 nitrogen and oxygen atoms in total. The van der Waals surface area contributed by atoms with Gasteiger partial charge in [0.25, 0.3) is 0 Å². The van der Waals surface area contributed by atoms with Gasteiger partial charge in [0.2, 0.25) is 0 Å². The third-order valence-corrected chi connectivity index (χ3v) is 3.16. The highest BCUT2D eigenvalue weighted by molar-refractivity contribution is 5.68. The molecule has 0 atom stereocenters. The Morgan fingerprint density at radius 3 is 2.53 bits per heavy atom. The van der Waals surface area contributed by atoms with Crippen molar-refractivity contribution < 1.29 is 9.53 Å². The van der Waals surface area contributed by atoms with Gasteiger partial charge in [-0.25, -0.2) is 4.79 Å². The maximum Gasteiger partial charge on any atom is 0.410 e. The average Bonchev–Trinajstić information content (AvgIpc) is 2.34. The number of nitrogens with two attached hydrogens (primary N) is 1. The van der Waals surface area contributed by atoms with Crippen LogP contribution >= 0.6 is 0 Å². The molecular formula is C13H26N2O2. The molecule has 0 spiro atoms. The average molecular weight is 242 g/mol. The third kappa shape index (κ3) is 4.94. The number of hydrogen-bond donors (Lipinski definition) is 1. The first-order valence-corrected chi connectivity index (χ1v) is 6.78. The van der Waals surface area contributed by atoms with E-state index in [1.165, 1.54) is 19.3 Å². The zero-order chi connectivity index (χ0) is 12.7. The van der Waals surface area contributed by atoms with Gasteiger partial charge in [-0.1, -0.05) is 33.1 Å². The number of hydrogen-bond acceptors (Lipinski definition) is 3. The fourth-order valence-electron chi connectivity index (χ4n) is 2.28. The smallest absolute Gasteiger partial charge is 0.410 e. The second-order valence-electron chi connectivity index (χ2n) is 5.24. The molecule has 1 aliphatic rings. The van der Waals surface area contributed by atoms with Gasteiger partial charge in [-0.3, -0.25) is 0 Å². The molecule has 1 aliphatic carbocycles. The number of ether oxygens (including phenoxy) is 1. The molecule has 2 N–H and O–H groups in total. The topological polar surface area (TPSA) is 55.6 Å². The Balaban J connectivity index is 2.47. The van der Waals surface area contributed by atoms with Gasteiger partial charge in [0.1, 0.15) is 0 Å². The van der Waals surface area contributed by atoms with Crippen LogP contribution in [0.1, 0.15) is 46.0 Å². The van der Waals surface area contributed by atoms with E-state index < -0.39 is 0 Å². The first-order chi connectivity index (χ1) is 8.15. The van der Waals surface area contributed by atoms with Gasteiger partial charge in [-0.2, -0.15) is 0 Å². The molecule has 0 saturated heterocycles. The highest BCUT2D eigenvalue weighted by Crippen LogP contribution is 2.23. The van der Waals surface area contributed by atoms with Gasteiger partial charge in [-0.15, -0.1) is 0 Å². The normalized spacial score (nSPS) is 17.2. The van der Waals surface area contributed by atoms with Crippen molar-refractivity contribution in [3.63, 3.8) is 0 Å². The Labute approximate surface area is 104 Å². The Hall–Kier alpha value is -0.770. The summed E-state index contributed by atoms with van der Waals surface area (Å²) >= 11 is 0. The quantitative estimate of drug-likeness (QED) is 0.805. The first-order valence-electron chi connectivity index (χ1n) is 6.78. The second-order valence-corrected chi connectivity index (χ2v) is 5.24. The van der Waals surface area contributed by atoms with Gasteiger partial charge in [0, 0.05) is 19.1 Å². The molecule has 1 fully saturated rings. The molecule has 0 radical (unpaired) electrons. The van der Waals surface area contributed by atoms with E-state index in [0.29, 0.717) is 31.7 Å². The van der Waals surface area contributed by atoms with Crippen LogP contribution in [0.2, 0.25) is 0 Å². The van der Waals surface area contributed by atoms with Crippen molar-refractivity contribution in [1.29, 1.82) is 0 Å². The molecule has 1 rings (SSSR count). The predicted octanol–water partition coefficient (Wildman–Crippen LogP) is 2.37. The summed E-state index contributed by atoms with van der Waals surface area (Å²) in [5.74, 6) is 0.380. The zero-order valence-corrected chi connectivity index (χ0v) is 11.2. The molecule has 0 heterocycles. The van der Waals surface area contributed by atoms with E-state index in [1.54, 1.807) is 0 Å². The van der Waals surface area contributed by atoms with Crippen molar-refractivity contribution >= 4 is 6.09 Å². The number of nitrogens with zero attached hydrogens (tertiary/aromatic N) is 1. The van der Waals surface area contributed by atoms with Crippen LogP contribution < -0.4 is 5.73 Å². The van der Waals surface area contributed by atoms with Gasteiger partial charge in [0.15, 0.2) is 0 Å². The maximum atomic E-state index is 12.0. The summed E-state index contributed by atoms with van der Waals surface area (Å²) in [5, 5.41) is 0. The Morgan fingerprint density at radius 2 is 2.00 bits per heavy atom. The minimum Gasteiger partial charge on any atom is -0.449 e. The van der Waals surface area contributed by atoms with Gasteiger partial charge >= 0.3 is 6.09 Å². The number of carbonyl (C=O) groups is 1. The van der Waals surface area contributed by atoms with Crippen molar-refractivity contribution in [1.82, 2.24) is 4.90 Å². The maximum absolute atomic E-state index is 12.0. The highest BCUT2D eigenvalue weighted by Gasteiger charge is 2.25. The Kier molecular flexibility index (Phi) is 6.34. The van der Waals surface area contributed by atoms with Crippen LogP contribution in [0.25, 0.3) is 0 Å². The predicted molar refractivity (Wildman–Crippen MR) is 68.8 cm³/mol. The largest absolute Gasteiger partial charge is 0.449 e. The van der Waals surface area contributed by atoms with E-state index in [9.17, 15) is 4.79 Å². The van der Waals surface area contributed by atoms with Crippen LogP contribution in [0, 0.1) is 5.92 Å². The van der Waals surface area contributed by atoms with Crippen LogP contribution in [0.15, 0.2) is 0 Å². The van der Waals surface area contributed by atoms with E-state index in [0.717, 1.165) is 12.8 Å². The van der Waals surface area contributed by atoms with Gasteiger partial charge < -0.3 is 15.4 Å². The van der Waals surface area contributed by atoms with E-state index >= 15 is 0 Å². The van der Waals surface area contributed by atoms with Crippen LogP contribution in [-0.4, -0.2) is 36.7 Å². The van der Waals surface area contributed by atoms with E-state index in [2.05, 4.69) is 0 Å². The van der Waals surface area contributed by atoms with Gasteiger partial charge in [-0.05, 0) is 18.8 Å². The lowest BCUT2D eigenvalue weighted by atomic mass is 9.94. The zero-order valence-electron chi connectivity index (χ0n) is 11.2. The van der Waals surface area contributed by atoms with E-state index in [4.69, 9.17) is 10.5 Å². The van der Waals surface area contributed by atoms with Crippen LogP contribution in [0.4, 0.5) is 4.79 Å². The monoisotopic (exact) mass is 242 g/mol. The van der Waals surface area contributed by atoms with Crippen molar-refractivity contribution in [2.24, 2.45) is 11.7 Å². The Morgan fingerprint density at radius 1 is 1.35 bits per heavy atom. The van der Waals surface area contributed by atoms with Crippen molar-refractivity contribution in [2.75, 3.05) is 19.7 Å². The molecule has 0 aromatic carbocycles. The lowest BCUT2D eigenvalue weighted by Crippen LogP contribution is -2.44. The minimum atomic E-state index is -0.184. The number of amides is 1. The molecule has 0 unspecified atom stereocenters. The van der Waals surface area contributed by atoms with Crippen molar-refractivity contribution in [3.05, 3.63) is 0 Å². The molecule has 4 heteroatoms. The second kappa shape index (κ2) is 7.54. The summed E-state index contributed by atoms with van der Waals surface area (Å²) in [7, 11) is 0. The summed E-state index contributed by atoms with van der Waals surface area (Å²) in [4.78, 5) is 13.8. The molecule has 17 heavy (non-hydrogen) atoms. The van der Waals surface area contributed by atoms with E-state index in [1.807, 2.05) is 18.7 Å². The Bertz CT molecular complexity index is 225. The minimum absolute atomic E-state index is 0.184. The SMILES string of the molecule is CC(C)COC(=O)N(CCN)C1CCCCC1. The number of rotatable bonds is 5. The van der Waals surface area contributed by atoms with Crippen molar-refractivity contribution in [3.8, 4) is 0 Å². The molecule has 1 amide bonds. The van der Waals surface area contributed by atoms with Crippen molar-refractivity contribution in [2.45, 2.75) is 52.0 Å². The summed E-state index contributed by atoms with van der Waals surface area (Å²) in [6.45, 7) is 5.70. The third-order valence-electron chi connectivity index (χ3n) is 3.16. The fourth-order valence-corrected chi connectivity index (χ4v) is 2.28. The summed E-state index contributed by atoms with van der Waals surface area (Å²) < 4.78 is 5.30. The lowest BCUT2D eigenvalue weighted by molar-refractivity contribution is 0.0703. The molecule has 0 aliphatic heterocycles. The summed E-state index contributed by atoms with van der Waals surface area (Å²) in [6.07, 6.45) is 5.71. The highest BCUT2D eigenvalue weighted by atomic mass is 16.6. The molecule has 0 bridgehead atoms. The van der Waals surface area contributed by atoms with Crippen LogP contribution in [0.5, 0.6) is 0 Å².